The van der Waals surface area contributed by atoms with E-state index in [1.54, 1.807) is 6.92 Å². The number of nitrogens with zero attached hydrogens (tertiary/aromatic N) is 4. The summed E-state index contributed by atoms with van der Waals surface area (Å²) in [4.78, 5) is 1.94. The quantitative estimate of drug-likeness (QED) is 0.656. The van der Waals surface area contributed by atoms with Gasteiger partial charge in [0.15, 0.2) is 9.84 Å². The van der Waals surface area contributed by atoms with Crippen LogP contribution in [0.1, 0.15) is 18.1 Å². The summed E-state index contributed by atoms with van der Waals surface area (Å²) in [5.74, 6) is 1.77. The maximum atomic E-state index is 11.7. The van der Waals surface area contributed by atoms with Crippen LogP contribution < -0.4 is 0 Å². The summed E-state index contributed by atoms with van der Waals surface area (Å²) in [7, 11) is -1.06. The fourth-order valence-electron chi connectivity index (χ4n) is 3.30. The third-order valence-corrected chi connectivity index (χ3v) is 6.56. The minimum absolute atomic E-state index is 0.0254. The van der Waals surface area contributed by atoms with Crippen LogP contribution in [0.4, 0.5) is 0 Å². The van der Waals surface area contributed by atoms with Crippen molar-refractivity contribution in [2.45, 2.75) is 25.9 Å². The summed E-state index contributed by atoms with van der Waals surface area (Å²) in [5.41, 5.74) is 2.22. The zero-order valence-electron chi connectivity index (χ0n) is 15.1. The fourth-order valence-corrected chi connectivity index (χ4v) is 5.11. The van der Waals surface area contributed by atoms with Gasteiger partial charge in [0, 0.05) is 11.6 Å². The van der Waals surface area contributed by atoms with Gasteiger partial charge in [-0.05, 0) is 20.4 Å². The third kappa shape index (κ3) is 3.65. The molecule has 8 nitrogen and oxygen atoms in total. The number of aromatic nitrogens is 3. The van der Waals surface area contributed by atoms with E-state index in [1.807, 2.05) is 42.3 Å². The van der Waals surface area contributed by atoms with Crippen molar-refractivity contribution in [3.63, 3.8) is 0 Å². The van der Waals surface area contributed by atoms with Crippen molar-refractivity contribution in [2.75, 3.05) is 18.6 Å². The molecule has 1 saturated heterocycles. The molecular formula is C18H20N4O4S. The maximum absolute atomic E-state index is 11.7. The highest BCUT2D eigenvalue weighted by molar-refractivity contribution is 7.91. The molecule has 0 aliphatic carbocycles. The SMILES string of the molecule is Cc1onc(-c2ccccc2)c1-c1nnc(CN(C)[C@@H]2CCS(=O)(=O)C2)o1. The van der Waals surface area contributed by atoms with Gasteiger partial charge in [-0.25, -0.2) is 8.42 Å². The second kappa shape index (κ2) is 6.90. The molecule has 1 atom stereocenters. The van der Waals surface area contributed by atoms with Crippen LogP contribution in [0.15, 0.2) is 39.3 Å². The molecule has 1 aromatic carbocycles. The van der Waals surface area contributed by atoms with Gasteiger partial charge in [0.2, 0.25) is 5.89 Å². The molecule has 0 saturated carbocycles. The van der Waals surface area contributed by atoms with Gasteiger partial charge in [-0.1, -0.05) is 35.5 Å². The Bertz CT molecular complexity index is 1040. The Morgan fingerprint density at radius 3 is 2.70 bits per heavy atom. The van der Waals surface area contributed by atoms with E-state index >= 15 is 0 Å². The normalized spacial score (nSPS) is 19.0. The Balaban J connectivity index is 1.56. The van der Waals surface area contributed by atoms with Crippen molar-refractivity contribution in [3.8, 4) is 22.7 Å². The van der Waals surface area contributed by atoms with Crippen LogP contribution in [-0.2, 0) is 16.4 Å². The molecule has 27 heavy (non-hydrogen) atoms. The Kier molecular flexibility index (Phi) is 4.56. The average Bonchev–Trinajstić information content (AvgIpc) is 3.34. The molecule has 2 aromatic heterocycles. The molecular weight excluding hydrogens is 368 g/mol. The van der Waals surface area contributed by atoms with E-state index in [0.717, 1.165) is 5.56 Å². The van der Waals surface area contributed by atoms with Gasteiger partial charge in [-0.15, -0.1) is 10.2 Å². The van der Waals surface area contributed by atoms with E-state index in [-0.39, 0.29) is 17.5 Å². The van der Waals surface area contributed by atoms with Gasteiger partial charge in [0.1, 0.15) is 17.0 Å². The lowest BCUT2D eigenvalue weighted by molar-refractivity contribution is 0.230. The summed E-state index contributed by atoms with van der Waals surface area (Å²) in [6.45, 7) is 2.19. The van der Waals surface area contributed by atoms with Crippen molar-refractivity contribution >= 4 is 9.84 Å². The van der Waals surface area contributed by atoms with Crippen LogP contribution in [0.3, 0.4) is 0 Å². The van der Waals surface area contributed by atoms with Crippen molar-refractivity contribution in [3.05, 3.63) is 42.0 Å². The van der Waals surface area contributed by atoms with Crippen LogP contribution in [0.2, 0.25) is 0 Å². The summed E-state index contributed by atoms with van der Waals surface area (Å²) in [6, 6.07) is 9.63. The molecule has 0 N–H and O–H groups in total. The zero-order chi connectivity index (χ0) is 19.0. The Labute approximate surface area is 157 Å². The van der Waals surface area contributed by atoms with Gasteiger partial charge >= 0.3 is 0 Å². The van der Waals surface area contributed by atoms with E-state index in [9.17, 15) is 8.42 Å². The van der Waals surface area contributed by atoms with Crippen LogP contribution in [0.25, 0.3) is 22.7 Å². The van der Waals surface area contributed by atoms with Crippen molar-refractivity contribution in [2.24, 2.45) is 0 Å². The molecule has 0 unspecified atom stereocenters. The number of rotatable bonds is 5. The average molecular weight is 388 g/mol. The van der Waals surface area contributed by atoms with Crippen molar-refractivity contribution in [1.29, 1.82) is 0 Å². The number of hydrogen-bond acceptors (Lipinski definition) is 8. The molecule has 1 aliphatic heterocycles. The first-order chi connectivity index (χ1) is 12.9. The van der Waals surface area contributed by atoms with Crippen molar-refractivity contribution in [1.82, 2.24) is 20.3 Å². The molecule has 1 aliphatic rings. The van der Waals surface area contributed by atoms with Crippen LogP contribution in [0.5, 0.6) is 0 Å². The third-order valence-electron chi connectivity index (χ3n) is 4.81. The molecule has 9 heteroatoms. The molecule has 0 bridgehead atoms. The number of sulfone groups is 1. The first-order valence-electron chi connectivity index (χ1n) is 8.68. The lowest BCUT2D eigenvalue weighted by Crippen LogP contribution is -2.32. The molecule has 1 fully saturated rings. The number of hydrogen-bond donors (Lipinski definition) is 0. The van der Waals surface area contributed by atoms with E-state index < -0.39 is 9.84 Å². The van der Waals surface area contributed by atoms with E-state index in [0.29, 0.717) is 41.8 Å². The van der Waals surface area contributed by atoms with E-state index in [2.05, 4.69) is 15.4 Å². The van der Waals surface area contributed by atoms with Crippen LogP contribution in [-0.4, -0.2) is 53.3 Å². The predicted octanol–water partition coefficient (Wildman–Crippen LogP) is 2.32. The predicted molar refractivity (Wildman–Crippen MR) is 98.5 cm³/mol. The van der Waals surface area contributed by atoms with Crippen molar-refractivity contribution < 1.29 is 17.4 Å². The lowest BCUT2D eigenvalue weighted by atomic mass is 10.1. The molecule has 0 spiro atoms. The molecule has 0 radical (unpaired) electrons. The first kappa shape index (κ1) is 17.9. The highest BCUT2D eigenvalue weighted by Gasteiger charge is 2.31. The first-order valence-corrected chi connectivity index (χ1v) is 10.5. The van der Waals surface area contributed by atoms with Gasteiger partial charge < -0.3 is 8.94 Å². The zero-order valence-corrected chi connectivity index (χ0v) is 15.9. The molecule has 0 amide bonds. The highest BCUT2D eigenvalue weighted by Crippen LogP contribution is 2.33. The van der Waals surface area contributed by atoms with E-state index in [1.165, 1.54) is 0 Å². The number of aryl methyl sites for hydroxylation is 1. The summed E-state index contributed by atoms with van der Waals surface area (Å²) < 4.78 is 34.5. The highest BCUT2D eigenvalue weighted by atomic mass is 32.2. The van der Waals surface area contributed by atoms with E-state index in [4.69, 9.17) is 8.94 Å². The Morgan fingerprint density at radius 2 is 2.00 bits per heavy atom. The molecule has 142 valence electrons. The minimum atomic E-state index is -2.93. The fraction of sp³-hybridized carbons (Fsp3) is 0.389. The summed E-state index contributed by atoms with van der Waals surface area (Å²) in [5, 5.41) is 12.4. The van der Waals surface area contributed by atoms with Crippen LogP contribution >= 0.6 is 0 Å². The van der Waals surface area contributed by atoms with Gasteiger partial charge in [-0.3, -0.25) is 4.90 Å². The second-order valence-corrected chi connectivity index (χ2v) is 9.03. The summed E-state index contributed by atoms with van der Waals surface area (Å²) in [6.07, 6.45) is 0.628. The maximum Gasteiger partial charge on any atom is 0.253 e. The summed E-state index contributed by atoms with van der Waals surface area (Å²) >= 11 is 0. The lowest BCUT2D eigenvalue weighted by Gasteiger charge is -2.20. The van der Waals surface area contributed by atoms with Gasteiger partial charge in [0.25, 0.3) is 5.89 Å². The molecule has 3 heterocycles. The molecule has 3 aromatic rings. The smallest absolute Gasteiger partial charge is 0.253 e. The van der Waals surface area contributed by atoms with Gasteiger partial charge in [-0.2, -0.15) is 0 Å². The monoisotopic (exact) mass is 388 g/mol. The Morgan fingerprint density at radius 1 is 1.22 bits per heavy atom. The van der Waals surface area contributed by atoms with Crippen LogP contribution in [0, 0.1) is 6.92 Å². The molecule has 4 rings (SSSR count). The number of benzene rings is 1. The van der Waals surface area contributed by atoms with Gasteiger partial charge in [0.05, 0.1) is 18.1 Å². The standard InChI is InChI=1S/C18H20N4O4S/c1-12-16(17(21-26-12)13-6-4-3-5-7-13)18-20-19-15(25-18)10-22(2)14-8-9-27(23,24)11-14/h3-7,14H,8-11H2,1-2H3/t14-/m1/s1. The largest absolute Gasteiger partial charge is 0.419 e. The second-order valence-electron chi connectivity index (χ2n) is 6.80. The topological polar surface area (TPSA) is 102 Å². The minimum Gasteiger partial charge on any atom is -0.419 e. The Hall–Kier alpha value is -2.52.